The van der Waals surface area contributed by atoms with Crippen molar-refractivity contribution >= 4 is 16.8 Å². The van der Waals surface area contributed by atoms with Gasteiger partial charge in [0.05, 0.1) is 17.9 Å². The predicted molar refractivity (Wildman–Crippen MR) is 65.7 cm³/mol. The second-order valence-electron chi connectivity index (χ2n) is 3.59. The first kappa shape index (κ1) is 13.7. The Morgan fingerprint density at radius 3 is 2.41 bits per heavy atom. The van der Waals surface area contributed by atoms with Crippen molar-refractivity contribution in [2.24, 2.45) is 0 Å². The zero-order chi connectivity index (χ0) is 12.8. The van der Waals surface area contributed by atoms with E-state index in [2.05, 4.69) is 0 Å². The molecule has 0 aliphatic heterocycles. The fourth-order valence-corrected chi connectivity index (χ4v) is 2.82. The second-order valence-corrected chi connectivity index (χ2v) is 5.22. The molecule has 1 N–H and O–H groups in total. The van der Waals surface area contributed by atoms with Gasteiger partial charge in [-0.2, -0.15) is 0 Å². The van der Waals surface area contributed by atoms with Crippen LogP contribution < -0.4 is 4.74 Å². The standard InChI is InChI=1S/C12H16O4S/c1-3-4-11(12(13)14)17(15)10-7-5-9(16-2)6-8-10/h5-8,11H,3-4H2,1-2H3,(H,13,14). The Hall–Kier alpha value is -1.36. The quantitative estimate of drug-likeness (QED) is 0.846. The van der Waals surface area contributed by atoms with Gasteiger partial charge in [0.2, 0.25) is 0 Å². The van der Waals surface area contributed by atoms with Crippen molar-refractivity contribution in [2.45, 2.75) is 29.9 Å². The van der Waals surface area contributed by atoms with Gasteiger partial charge in [0.1, 0.15) is 11.0 Å². The van der Waals surface area contributed by atoms with E-state index in [0.29, 0.717) is 23.5 Å². The Balaban J connectivity index is 2.89. The minimum Gasteiger partial charge on any atom is -0.497 e. The number of hydrogen-bond donors (Lipinski definition) is 1. The fourth-order valence-electron chi connectivity index (χ4n) is 1.46. The summed E-state index contributed by atoms with van der Waals surface area (Å²) in [6, 6.07) is 6.64. The molecule has 1 aromatic rings. The number of carboxylic acid groups (broad SMARTS) is 1. The Kier molecular flexibility index (Phi) is 5.15. The number of carbonyl (C=O) groups is 1. The van der Waals surface area contributed by atoms with Crippen LogP contribution in [0.4, 0.5) is 0 Å². The summed E-state index contributed by atoms with van der Waals surface area (Å²) in [6.45, 7) is 1.88. The normalized spacial score (nSPS) is 14.0. The van der Waals surface area contributed by atoms with Crippen LogP contribution in [-0.4, -0.2) is 27.6 Å². The zero-order valence-corrected chi connectivity index (χ0v) is 10.7. The van der Waals surface area contributed by atoms with Crippen molar-refractivity contribution in [3.05, 3.63) is 24.3 Å². The summed E-state index contributed by atoms with van der Waals surface area (Å²) < 4.78 is 17.1. The summed E-state index contributed by atoms with van der Waals surface area (Å²) in [5, 5.41) is 8.18. The van der Waals surface area contributed by atoms with E-state index >= 15 is 0 Å². The maximum Gasteiger partial charge on any atom is 0.319 e. The molecule has 0 heterocycles. The number of rotatable bonds is 6. The minimum atomic E-state index is -1.52. The van der Waals surface area contributed by atoms with E-state index < -0.39 is 22.0 Å². The molecule has 1 rings (SSSR count). The van der Waals surface area contributed by atoms with Crippen LogP contribution in [-0.2, 0) is 15.6 Å². The van der Waals surface area contributed by atoms with E-state index in [1.807, 2.05) is 6.92 Å². The van der Waals surface area contributed by atoms with Gasteiger partial charge in [-0.3, -0.25) is 9.00 Å². The van der Waals surface area contributed by atoms with Crippen LogP contribution in [0.1, 0.15) is 19.8 Å². The summed E-state index contributed by atoms with van der Waals surface area (Å²) in [7, 11) is 0.0282. The molecule has 0 spiro atoms. The summed E-state index contributed by atoms with van der Waals surface area (Å²) in [5.74, 6) is -0.353. The highest BCUT2D eigenvalue weighted by atomic mass is 32.2. The molecule has 0 fully saturated rings. The van der Waals surface area contributed by atoms with Crippen molar-refractivity contribution in [3.8, 4) is 5.75 Å². The lowest BCUT2D eigenvalue weighted by Gasteiger charge is -2.11. The van der Waals surface area contributed by atoms with Crippen LogP contribution in [0, 0.1) is 0 Å². The minimum absolute atomic E-state index is 0.411. The van der Waals surface area contributed by atoms with Gasteiger partial charge in [0.25, 0.3) is 0 Å². The third-order valence-electron chi connectivity index (χ3n) is 2.38. The van der Waals surface area contributed by atoms with E-state index in [4.69, 9.17) is 9.84 Å². The molecule has 0 bridgehead atoms. The highest BCUT2D eigenvalue weighted by molar-refractivity contribution is 7.86. The van der Waals surface area contributed by atoms with Crippen molar-refractivity contribution in [2.75, 3.05) is 7.11 Å². The topological polar surface area (TPSA) is 63.6 Å². The first-order chi connectivity index (χ1) is 8.10. The van der Waals surface area contributed by atoms with Gasteiger partial charge in [0, 0.05) is 4.90 Å². The molecule has 2 unspecified atom stereocenters. The zero-order valence-electron chi connectivity index (χ0n) is 9.88. The third-order valence-corrected chi connectivity index (χ3v) is 4.07. The van der Waals surface area contributed by atoms with Crippen LogP contribution in [0.25, 0.3) is 0 Å². The average molecular weight is 256 g/mol. The Morgan fingerprint density at radius 1 is 1.41 bits per heavy atom. The van der Waals surface area contributed by atoms with Crippen LogP contribution in [0.3, 0.4) is 0 Å². The van der Waals surface area contributed by atoms with Crippen molar-refractivity contribution in [1.29, 1.82) is 0 Å². The molecule has 0 amide bonds. The molecule has 2 atom stereocenters. The number of benzene rings is 1. The lowest BCUT2D eigenvalue weighted by atomic mass is 10.2. The SMILES string of the molecule is CCCC(C(=O)O)S(=O)c1ccc(OC)cc1. The number of methoxy groups -OCH3 is 1. The van der Waals surface area contributed by atoms with E-state index in [9.17, 15) is 9.00 Å². The van der Waals surface area contributed by atoms with Crippen molar-refractivity contribution in [1.82, 2.24) is 0 Å². The maximum atomic E-state index is 12.1. The highest BCUT2D eigenvalue weighted by Gasteiger charge is 2.24. The van der Waals surface area contributed by atoms with Gasteiger partial charge < -0.3 is 9.84 Å². The van der Waals surface area contributed by atoms with Gasteiger partial charge in [-0.05, 0) is 30.7 Å². The van der Waals surface area contributed by atoms with E-state index in [0.717, 1.165) is 0 Å². The van der Waals surface area contributed by atoms with Gasteiger partial charge >= 0.3 is 5.97 Å². The molecule has 94 valence electrons. The monoisotopic (exact) mass is 256 g/mol. The molecule has 0 aromatic heterocycles. The van der Waals surface area contributed by atoms with Crippen LogP contribution in [0.15, 0.2) is 29.2 Å². The van der Waals surface area contributed by atoms with E-state index in [-0.39, 0.29) is 0 Å². The van der Waals surface area contributed by atoms with Gasteiger partial charge in [-0.1, -0.05) is 13.3 Å². The lowest BCUT2D eigenvalue weighted by molar-refractivity contribution is -0.136. The van der Waals surface area contributed by atoms with Gasteiger partial charge in [-0.15, -0.1) is 0 Å². The smallest absolute Gasteiger partial charge is 0.319 e. The number of carboxylic acids is 1. The first-order valence-corrected chi connectivity index (χ1v) is 6.58. The molecular weight excluding hydrogens is 240 g/mol. The van der Waals surface area contributed by atoms with Crippen LogP contribution in [0.5, 0.6) is 5.75 Å². The molecule has 4 nitrogen and oxygen atoms in total. The first-order valence-electron chi connectivity index (χ1n) is 5.37. The number of ether oxygens (including phenoxy) is 1. The van der Waals surface area contributed by atoms with Crippen LogP contribution >= 0.6 is 0 Å². The average Bonchev–Trinajstić information content (AvgIpc) is 2.35. The molecule has 0 radical (unpaired) electrons. The highest BCUT2D eigenvalue weighted by Crippen LogP contribution is 2.19. The second kappa shape index (κ2) is 6.39. The molecule has 0 saturated carbocycles. The van der Waals surface area contributed by atoms with Crippen LogP contribution in [0.2, 0.25) is 0 Å². The summed E-state index contributed by atoms with van der Waals surface area (Å²) in [5.41, 5.74) is 0. The summed E-state index contributed by atoms with van der Waals surface area (Å²) >= 11 is 0. The van der Waals surface area contributed by atoms with Gasteiger partial charge in [0.15, 0.2) is 0 Å². The Bertz CT molecular complexity index is 399. The molecule has 0 aliphatic carbocycles. The Morgan fingerprint density at radius 2 is 2.00 bits per heavy atom. The molecular formula is C12H16O4S. The Labute approximate surface area is 103 Å². The molecule has 0 saturated heterocycles. The molecule has 5 heteroatoms. The van der Waals surface area contributed by atoms with Crippen molar-refractivity contribution < 1.29 is 18.8 Å². The summed E-state index contributed by atoms with van der Waals surface area (Å²) in [6.07, 6.45) is 1.10. The predicted octanol–water partition coefficient (Wildman–Crippen LogP) is 2.06. The largest absolute Gasteiger partial charge is 0.497 e. The molecule has 1 aromatic carbocycles. The molecule has 0 aliphatic rings. The number of hydrogen-bond acceptors (Lipinski definition) is 3. The third kappa shape index (κ3) is 3.56. The molecule has 17 heavy (non-hydrogen) atoms. The maximum absolute atomic E-state index is 12.1. The van der Waals surface area contributed by atoms with Gasteiger partial charge in [-0.25, -0.2) is 0 Å². The number of aliphatic carboxylic acids is 1. The summed E-state index contributed by atoms with van der Waals surface area (Å²) in [4.78, 5) is 11.5. The van der Waals surface area contributed by atoms with Crippen molar-refractivity contribution in [3.63, 3.8) is 0 Å². The fraction of sp³-hybridized carbons (Fsp3) is 0.417. The van der Waals surface area contributed by atoms with E-state index in [1.54, 1.807) is 31.4 Å². The lowest BCUT2D eigenvalue weighted by Crippen LogP contribution is -2.25. The van der Waals surface area contributed by atoms with E-state index in [1.165, 1.54) is 0 Å².